The summed E-state index contributed by atoms with van der Waals surface area (Å²) in [7, 11) is 0. The van der Waals surface area contributed by atoms with Gasteiger partial charge in [-0.05, 0) is 38.0 Å². The first-order valence-electron chi connectivity index (χ1n) is 9.22. The lowest BCUT2D eigenvalue weighted by atomic mass is 10.1. The summed E-state index contributed by atoms with van der Waals surface area (Å²) in [5.41, 5.74) is 2.28. The van der Waals surface area contributed by atoms with E-state index in [9.17, 15) is 0 Å². The molecule has 0 radical (unpaired) electrons. The number of nitrogens with one attached hydrogen (secondary N) is 2. The molecule has 0 bridgehead atoms. The van der Waals surface area contributed by atoms with E-state index in [1.807, 2.05) is 48.1 Å². The van der Waals surface area contributed by atoms with Gasteiger partial charge in [0.25, 0.3) is 0 Å². The van der Waals surface area contributed by atoms with Crippen LogP contribution in [0.5, 0.6) is 0 Å². The van der Waals surface area contributed by atoms with E-state index in [0.717, 1.165) is 29.7 Å². The second kappa shape index (κ2) is 10.8. The van der Waals surface area contributed by atoms with Crippen molar-refractivity contribution in [3.63, 3.8) is 0 Å². The van der Waals surface area contributed by atoms with Crippen LogP contribution in [0.15, 0.2) is 66.0 Å². The van der Waals surface area contributed by atoms with Gasteiger partial charge in [-0.25, -0.2) is 15.0 Å². The van der Waals surface area contributed by atoms with E-state index in [4.69, 9.17) is 4.99 Å². The smallest absolute Gasteiger partial charge is 0.192 e. The van der Waals surface area contributed by atoms with E-state index >= 15 is 0 Å². The molecule has 0 saturated carbocycles. The molecule has 1 aromatic carbocycles. The Morgan fingerprint density at radius 3 is 2.54 bits per heavy atom. The van der Waals surface area contributed by atoms with Gasteiger partial charge in [0.05, 0.1) is 12.6 Å². The van der Waals surface area contributed by atoms with E-state index in [-0.39, 0.29) is 30.0 Å². The van der Waals surface area contributed by atoms with Gasteiger partial charge in [0.15, 0.2) is 5.96 Å². The van der Waals surface area contributed by atoms with Crippen LogP contribution in [0.2, 0.25) is 0 Å². The highest BCUT2D eigenvalue weighted by Gasteiger charge is 2.07. The molecule has 7 heteroatoms. The second-order valence-corrected chi connectivity index (χ2v) is 6.34. The number of hydrogen-bond donors (Lipinski definition) is 2. The highest BCUT2D eigenvalue weighted by atomic mass is 127. The summed E-state index contributed by atoms with van der Waals surface area (Å²) < 4.78 is 1.96. The van der Waals surface area contributed by atoms with Gasteiger partial charge in [0.2, 0.25) is 0 Å². The van der Waals surface area contributed by atoms with Crippen molar-refractivity contribution >= 4 is 29.9 Å². The van der Waals surface area contributed by atoms with Gasteiger partial charge in [-0.15, -0.1) is 24.0 Å². The van der Waals surface area contributed by atoms with Gasteiger partial charge >= 0.3 is 0 Å². The fourth-order valence-corrected chi connectivity index (χ4v) is 2.79. The minimum Gasteiger partial charge on any atom is -0.357 e. The molecule has 0 aliphatic carbocycles. The summed E-state index contributed by atoms with van der Waals surface area (Å²) in [6.07, 6.45) is 5.55. The maximum absolute atomic E-state index is 4.69. The van der Waals surface area contributed by atoms with Crippen LogP contribution in [0.25, 0.3) is 5.82 Å². The van der Waals surface area contributed by atoms with Crippen LogP contribution in [0.3, 0.4) is 0 Å². The molecule has 1 atom stereocenters. The van der Waals surface area contributed by atoms with E-state index < -0.39 is 0 Å². The first-order valence-corrected chi connectivity index (χ1v) is 9.22. The Morgan fingerprint density at radius 1 is 1.14 bits per heavy atom. The molecular formula is C21H27IN6. The van der Waals surface area contributed by atoms with Crippen LogP contribution in [-0.2, 0) is 6.54 Å². The van der Waals surface area contributed by atoms with Crippen LogP contribution in [0.1, 0.15) is 36.8 Å². The molecule has 0 spiro atoms. The number of nitrogens with zero attached hydrogens (tertiary/aromatic N) is 4. The summed E-state index contributed by atoms with van der Waals surface area (Å²) in [4.78, 5) is 13.5. The number of aliphatic imine (C=N–C) groups is 1. The molecule has 2 heterocycles. The Labute approximate surface area is 183 Å². The Balaban J connectivity index is 0.00000280. The average Bonchev–Trinajstić information content (AvgIpc) is 3.13. The number of imidazole rings is 1. The van der Waals surface area contributed by atoms with Crippen molar-refractivity contribution in [3.8, 4) is 5.82 Å². The molecule has 0 fully saturated rings. The fourth-order valence-electron chi connectivity index (χ4n) is 2.79. The van der Waals surface area contributed by atoms with Crippen molar-refractivity contribution in [2.75, 3.05) is 6.54 Å². The van der Waals surface area contributed by atoms with Gasteiger partial charge in [-0.1, -0.05) is 36.4 Å². The van der Waals surface area contributed by atoms with Gasteiger partial charge in [0, 0.05) is 25.1 Å². The van der Waals surface area contributed by atoms with Crippen LogP contribution in [0, 0.1) is 6.92 Å². The Hall–Kier alpha value is -2.42. The minimum absolute atomic E-state index is 0. The standard InChI is InChI=1S/C21H26N6.HI/c1-4-22-21(26-16(2)19-8-6-5-7-9-19)25-15-18-10-11-20(24-14-18)27-13-12-23-17(27)3;/h5-14,16H,4,15H2,1-3H3,(H2,22,25,26);1H. The highest BCUT2D eigenvalue weighted by Crippen LogP contribution is 2.12. The van der Waals surface area contributed by atoms with E-state index in [0.29, 0.717) is 6.54 Å². The maximum atomic E-state index is 4.69. The monoisotopic (exact) mass is 490 g/mol. The van der Waals surface area contributed by atoms with Crippen molar-refractivity contribution in [1.82, 2.24) is 25.2 Å². The number of benzene rings is 1. The third-order valence-corrected chi connectivity index (χ3v) is 4.30. The molecule has 0 saturated heterocycles. The Kier molecular flexibility index (Phi) is 8.43. The zero-order valence-corrected chi connectivity index (χ0v) is 18.8. The first-order chi connectivity index (χ1) is 13.2. The third kappa shape index (κ3) is 5.79. The summed E-state index contributed by atoms with van der Waals surface area (Å²) in [5, 5.41) is 6.75. The van der Waals surface area contributed by atoms with Crippen LogP contribution in [0.4, 0.5) is 0 Å². The van der Waals surface area contributed by atoms with E-state index in [1.165, 1.54) is 5.56 Å². The fraction of sp³-hybridized carbons (Fsp3) is 0.286. The van der Waals surface area contributed by atoms with Gasteiger partial charge in [0.1, 0.15) is 11.6 Å². The number of hydrogen-bond acceptors (Lipinski definition) is 3. The summed E-state index contributed by atoms with van der Waals surface area (Å²) in [6.45, 7) is 7.53. The molecule has 1 unspecified atom stereocenters. The van der Waals surface area contributed by atoms with Crippen LogP contribution < -0.4 is 10.6 Å². The predicted molar refractivity (Wildman–Crippen MR) is 124 cm³/mol. The Morgan fingerprint density at radius 2 is 1.93 bits per heavy atom. The van der Waals surface area contributed by atoms with Crippen molar-refractivity contribution in [2.45, 2.75) is 33.4 Å². The molecule has 6 nitrogen and oxygen atoms in total. The molecule has 28 heavy (non-hydrogen) atoms. The normalized spacial score (nSPS) is 12.2. The molecular weight excluding hydrogens is 463 g/mol. The minimum atomic E-state index is 0. The van der Waals surface area contributed by atoms with Crippen LogP contribution >= 0.6 is 24.0 Å². The van der Waals surface area contributed by atoms with Crippen molar-refractivity contribution < 1.29 is 0 Å². The topological polar surface area (TPSA) is 67.1 Å². The number of rotatable bonds is 6. The van der Waals surface area contributed by atoms with Crippen LogP contribution in [-0.4, -0.2) is 27.0 Å². The number of aromatic nitrogens is 3. The lowest BCUT2D eigenvalue weighted by Crippen LogP contribution is -2.38. The molecule has 0 aliphatic heterocycles. The number of guanidine groups is 1. The van der Waals surface area contributed by atoms with E-state index in [2.05, 4.69) is 52.6 Å². The zero-order chi connectivity index (χ0) is 19.1. The Bertz CT molecular complexity index is 873. The molecule has 0 amide bonds. The molecule has 2 aromatic heterocycles. The quantitative estimate of drug-likeness (QED) is 0.312. The third-order valence-electron chi connectivity index (χ3n) is 4.30. The molecule has 2 N–H and O–H groups in total. The molecule has 3 rings (SSSR count). The maximum Gasteiger partial charge on any atom is 0.192 e. The van der Waals surface area contributed by atoms with Crippen molar-refractivity contribution in [1.29, 1.82) is 0 Å². The van der Waals surface area contributed by atoms with Gasteiger partial charge in [-0.3, -0.25) is 4.57 Å². The zero-order valence-electron chi connectivity index (χ0n) is 16.5. The largest absolute Gasteiger partial charge is 0.357 e. The number of halogens is 1. The van der Waals surface area contributed by atoms with Crippen molar-refractivity contribution in [3.05, 3.63) is 78.0 Å². The predicted octanol–water partition coefficient (Wildman–Crippen LogP) is 4.01. The lowest BCUT2D eigenvalue weighted by molar-refractivity contribution is 0.686. The lowest BCUT2D eigenvalue weighted by Gasteiger charge is -2.18. The first kappa shape index (κ1) is 21.9. The van der Waals surface area contributed by atoms with Gasteiger partial charge < -0.3 is 10.6 Å². The number of pyridine rings is 1. The molecule has 148 valence electrons. The average molecular weight is 490 g/mol. The summed E-state index contributed by atoms with van der Waals surface area (Å²) >= 11 is 0. The summed E-state index contributed by atoms with van der Waals surface area (Å²) in [5.74, 6) is 2.57. The summed E-state index contributed by atoms with van der Waals surface area (Å²) in [6, 6.07) is 14.6. The van der Waals surface area contributed by atoms with Gasteiger partial charge in [-0.2, -0.15) is 0 Å². The SMILES string of the molecule is CCNC(=NCc1ccc(-n2ccnc2C)nc1)NC(C)c1ccccc1.I. The van der Waals surface area contributed by atoms with E-state index in [1.54, 1.807) is 6.20 Å². The highest BCUT2D eigenvalue weighted by molar-refractivity contribution is 14.0. The number of aryl methyl sites for hydroxylation is 1. The second-order valence-electron chi connectivity index (χ2n) is 6.34. The van der Waals surface area contributed by atoms with Crippen molar-refractivity contribution in [2.24, 2.45) is 4.99 Å². The molecule has 0 aliphatic rings. The molecule has 3 aromatic rings.